The fraction of sp³-hybridized carbons (Fsp3) is 0.385. The number of ketones is 1. The van der Waals surface area contributed by atoms with Gasteiger partial charge < -0.3 is 16.0 Å². The molecule has 7 nitrogen and oxygen atoms in total. The highest BCUT2D eigenvalue weighted by atomic mass is 16.2. The number of Topliss-reactive ketones (excluding diaryl/α,β-unsaturated/α-hetero) is 1. The second-order valence-electron chi connectivity index (χ2n) is 8.91. The zero-order chi connectivity index (χ0) is 23.4. The van der Waals surface area contributed by atoms with Crippen molar-refractivity contribution in [1.29, 1.82) is 0 Å². The number of nitrogens with two attached hydrogens (primary N) is 1. The third-order valence-electron chi connectivity index (χ3n) is 6.71. The molecule has 172 valence electrons. The summed E-state index contributed by atoms with van der Waals surface area (Å²) in [6, 6.07) is 17.5. The molecule has 4 atom stereocenters. The molecule has 2 aliphatic rings. The van der Waals surface area contributed by atoms with E-state index in [1.165, 1.54) is 4.90 Å². The second kappa shape index (κ2) is 9.98. The van der Waals surface area contributed by atoms with Crippen molar-refractivity contribution in [1.82, 2.24) is 10.2 Å². The van der Waals surface area contributed by atoms with E-state index in [-0.39, 0.29) is 29.9 Å². The van der Waals surface area contributed by atoms with Crippen LogP contribution in [0.15, 0.2) is 60.7 Å². The summed E-state index contributed by atoms with van der Waals surface area (Å²) < 4.78 is 0. The maximum Gasteiger partial charge on any atom is 0.246 e. The average molecular weight is 448 g/mol. The van der Waals surface area contributed by atoms with Gasteiger partial charge in [-0.15, -0.1) is 0 Å². The van der Waals surface area contributed by atoms with Gasteiger partial charge in [-0.05, 0) is 24.0 Å². The maximum absolute atomic E-state index is 13.5. The minimum Gasteiger partial charge on any atom is -0.368 e. The van der Waals surface area contributed by atoms with Crippen molar-refractivity contribution >= 4 is 23.5 Å². The first-order valence-corrected chi connectivity index (χ1v) is 11.4. The lowest BCUT2D eigenvalue weighted by Crippen LogP contribution is -2.54. The molecule has 7 heteroatoms. The molecule has 1 saturated heterocycles. The number of likely N-dealkylation sites (tertiary alicyclic amines) is 1. The van der Waals surface area contributed by atoms with Crippen LogP contribution >= 0.6 is 0 Å². The van der Waals surface area contributed by atoms with Crippen LogP contribution in [0.5, 0.6) is 0 Å². The Morgan fingerprint density at radius 3 is 2.33 bits per heavy atom. The Morgan fingerprint density at radius 1 is 1.00 bits per heavy atom. The molecule has 4 rings (SSSR count). The molecule has 2 aromatic carbocycles. The van der Waals surface area contributed by atoms with E-state index in [9.17, 15) is 19.2 Å². The van der Waals surface area contributed by atoms with Crippen LogP contribution in [0.4, 0.5) is 0 Å². The van der Waals surface area contributed by atoms with Gasteiger partial charge in [0.2, 0.25) is 17.7 Å². The molecular formula is C26H29N3O4. The van der Waals surface area contributed by atoms with Gasteiger partial charge in [0.15, 0.2) is 0 Å². The smallest absolute Gasteiger partial charge is 0.246 e. The van der Waals surface area contributed by atoms with E-state index >= 15 is 0 Å². The minimum absolute atomic E-state index is 0.0447. The van der Waals surface area contributed by atoms with Gasteiger partial charge in [-0.3, -0.25) is 19.2 Å². The second-order valence-corrected chi connectivity index (χ2v) is 8.91. The Kier molecular flexibility index (Phi) is 6.87. The summed E-state index contributed by atoms with van der Waals surface area (Å²) in [5.41, 5.74) is 7.36. The molecule has 1 aliphatic carbocycles. The molecule has 33 heavy (non-hydrogen) atoms. The molecular weight excluding hydrogens is 418 g/mol. The molecule has 1 heterocycles. The van der Waals surface area contributed by atoms with E-state index in [0.29, 0.717) is 32.2 Å². The fourth-order valence-electron chi connectivity index (χ4n) is 5.04. The van der Waals surface area contributed by atoms with Gasteiger partial charge in [0.1, 0.15) is 17.9 Å². The number of carbonyl (C=O) groups excluding carboxylic acids is 4. The van der Waals surface area contributed by atoms with Gasteiger partial charge in [-0.25, -0.2) is 0 Å². The lowest BCUT2D eigenvalue weighted by atomic mass is 9.88. The minimum atomic E-state index is -0.841. The Balaban J connectivity index is 1.56. The third-order valence-corrected chi connectivity index (χ3v) is 6.71. The van der Waals surface area contributed by atoms with E-state index in [0.717, 1.165) is 11.1 Å². The number of hydrogen-bond donors (Lipinski definition) is 2. The van der Waals surface area contributed by atoms with Crippen LogP contribution in [0.2, 0.25) is 0 Å². The largest absolute Gasteiger partial charge is 0.368 e. The first-order valence-electron chi connectivity index (χ1n) is 11.4. The molecule has 0 radical (unpaired) electrons. The van der Waals surface area contributed by atoms with Crippen LogP contribution in [0, 0.1) is 5.92 Å². The zero-order valence-corrected chi connectivity index (χ0v) is 18.5. The monoisotopic (exact) mass is 447 g/mol. The summed E-state index contributed by atoms with van der Waals surface area (Å²) in [5.74, 6) is -1.85. The van der Waals surface area contributed by atoms with E-state index in [4.69, 9.17) is 5.73 Å². The Morgan fingerprint density at radius 2 is 1.67 bits per heavy atom. The topological polar surface area (TPSA) is 110 Å². The maximum atomic E-state index is 13.5. The van der Waals surface area contributed by atoms with Gasteiger partial charge in [-0.2, -0.15) is 0 Å². The van der Waals surface area contributed by atoms with Gasteiger partial charge in [0.25, 0.3) is 0 Å². The van der Waals surface area contributed by atoms with Crippen molar-refractivity contribution < 1.29 is 19.2 Å². The van der Waals surface area contributed by atoms with E-state index in [1.54, 1.807) is 0 Å². The van der Waals surface area contributed by atoms with Gasteiger partial charge in [-0.1, -0.05) is 60.7 Å². The molecule has 1 aliphatic heterocycles. The highest BCUT2D eigenvalue weighted by molar-refractivity contribution is 5.95. The quantitative estimate of drug-likeness (QED) is 0.676. The van der Waals surface area contributed by atoms with Crippen molar-refractivity contribution in [3.63, 3.8) is 0 Å². The number of nitrogens with zero attached hydrogens (tertiary/aromatic N) is 1. The highest BCUT2D eigenvalue weighted by Crippen LogP contribution is 2.38. The Bertz CT molecular complexity index is 1020. The average Bonchev–Trinajstić information content (AvgIpc) is 3.46. The van der Waals surface area contributed by atoms with Crippen LogP contribution in [0.3, 0.4) is 0 Å². The van der Waals surface area contributed by atoms with E-state index in [2.05, 4.69) is 5.32 Å². The van der Waals surface area contributed by atoms with E-state index < -0.39 is 23.9 Å². The van der Waals surface area contributed by atoms with Crippen LogP contribution in [-0.4, -0.2) is 47.0 Å². The molecule has 0 unspecified atom stereocenters. The van der Waals surface area contributed by atoms with Crippen LogP contribution < -0.4 is 11.1 Å². The molecule has 0 spiro atoms. The summed E-state index contributed by atoms with van der Waals surface area (Å²) in [6.45, 7) is 0.433. The number of carbonyl (C=O) groups is 4. The Hall–Kier alpha value is -3.48. The predicted octanol–water partition coefficient (Wildman–Crippen LogP) is 1.95. The summed E-state index contributed by atoms with van der Waals surface area (Å²) in [6.07, 6.45) is 1.99. The molecule has 0 aromatic heterocycles. The fourth-order valence-corrected chi connectivity index (χ4v) is 5.04. The van der Waals surface area contributed by atoms with Crippen molar-refractivity contribution in [3.05, 3.63) is 71.8 Å². The lowest BCUT2D eigenvalue weighted by Gasteiger charge is -2.29. The molecule has 2 aromatic rings. The number of amides is 3. The lowest BCUT2D eigenvalue weighted by molar-refractivity contribution is -0.141. The van der Waals surface area contributed by atoms with Gasteiger partial charge >= 0.3 is 0 Å². The zero-order valence-electron chi connectivity index (χ0n) is 18.5. The van der Waals surface area contributed by atoms with Crippen molar-refractivity contribution in [2.75, 3.05) is 6.54 Å². The number of nitrogens with one attached hydrogen (secondary N) is 1. The first-order chi connectivity index (χ1) is 15.9. The SMILES string of the molecule is NC(=O)[C@@H]1CCCN1C(=O)[C@H](Cc1ccccc1)NC(=O)[C@@H]1CC(=O)C[C@@H]1c1ccccc1. The van der Waals surface area contributed by atoms with Gasteiger partial charge in [0.05, 0.1) is 5.92 Å². The van der Waals surface area contributed by atoms with Crippen molar-refractivity contribution in [2.45, 2.75) is 50.1 Å². The normalized spacial score (nSPS) is 23.3. The summed E-state index contributed by atoms with van der Waals surface area (Å²) in [4.78, 5) is 52.5. The number of benzene rings is 2. The highest BCUT2D eigenvalue weighted by Gasteiger charge is 2.41. The van der Waals surface area contributed by atoms with Gasteiger partial charge in [0, 0.05) is 31.7 Å². The molecule has 2 fully saturated rings. The summed E-state index contributed by atoms with van der Waals surface area (Å²) >= 11 is 0. The number of primary amides is 1. The summed E-state index contributed by atoms with van der Waals surface area (Å²) in [7, 11) is 0. The van der Waals surface area contributed by atoms with Crippen LogP contribution in [0.1, 0.15) is 42.7 Å². The van der Waals surface area contributed by atoms with Crippen molar-refractivity contribution in [3.8, 4) is 0 Å². The molecule has 3 N–H and O–H groups in total. The van der Waals surface area contributed by atoms with Crippen molar-refractivity contribution in [2.24, 2.45) is 11.7 Å². The number of rotatable bonds is 7. The molecule has 3 amide bonds. The molecule has 1 saturated carbocycles. The Labute approximate surface area is 193 Å². The summed E-state index contributed by atoms with van der Waals surface area (Å²) in [5, 5.41) is 2.93. The van der Waals surface area contributed by atoms with Crippen LogP contribution in [-0.2, 0) is 25.6 Å². The standard InChI is InChI=1S/C26H29N3O4/c27-24(31)23-12-7-13-29(23)26(33)22(14-17-8-3-1-4-9-17)28-25(32)21-16-19(30)15-20(21)18-10-5-2-6-11-18/h1-6,8-11,20-23H,7,12-16H2,(H2,27,31)(H,28,32)/t20-,21-,22+,23+/m1/s1. The molecule has 0 bridgehead atoms. The third kappa shape index (κ3) is 5.13. The number of hydrogen-bond acceptors (Lipinski definition) is 4. The van der Waals surface area contributed by atoms with Crippen LogP contribution in [0.25, 0.3) is 0 Å². The first kappa shape index (κ1) is 22.7. The predicted molar refractivity (Wildman–Crippen MR) is 123 cm³/mol. The van der Waals surface area contributed by atoms with E-state index in [1.807, 2.05) is 60.7 Å².